The van der Waals surface area contributed by atoms with Gasteiger partial charge in [0, 0.05) is 32.3 Å². The third kappa shape index (κ3) is 1.96. The van der Waals surface area contributed by atoms with Crippen LogP contribution >= 0.6 is 0 Å². The normalized spacial score (nSPS) is 22.1. The van der Waals surface area contributed by atoms with E-state index in [4.69, 9.17) is 9.72 Å². The third-order valence-corrected chi connectivity index (χ3v) is 4.22. The summed E-state index contributed by atoms with van der Waals surface area (Å²) in [5.74, 6) is 0. The van der Waals surface area contributed by atoms with Crippen molar-refractivity contribution < 1.29 is 4.74 Å². The van der Waals surface area contributed by atoms with E-state index in [1.165, 1.54) is 11.4 Å². The Morgan fingerprint density at radius 3 is 3.00 bits per heavy atom. The molecule has 0 amide bonds. The Morgan fingerprint density at radius 2 is 2.22 bits per heavy atom. The lowest BCUT2D eigenvalue weighted by Crippen LogP contribution is -2.53. The number of hydrogen-bond donors (Lipinski definition) is 2. The first-order chi connectivity index (χ1) is 8.86. The predicted molar refractivity (Wildman–Crippen MR) is 69.6 cm³/mol. The molecule has 18 heavy (non-hydrogen) atoms. The summed E-state index contributed by atoms with van der Waals surface area (Å²) in [6, 6.07) is 0. The van der Waals surface area contributed by atoms with Gasteiger partial charge in [0.2, 0.25) is 0 Å². The van der Waals surface area contributed by atoms with Crippen LogP contribution in [0.25, 0.3) is 0 Å². The zero-order valence-corrected chi connectivity index (χ0v) is 11.0. The minimum Gasteiger partial charge on any atom is -0.383 e. The first kappa shape index (κ1) is 12.1. The quantitative estimate of drug-likeness (QED) is 0.807. The van der Waals surface area contributed by atoms with Crippen molar-refractivity contribution in [2.45, 2.75) is 31.3 Å². The van der Waals surface area contributed by atoms with Crippen LogP contribution in [0, 0.1) is 0 Å². The summed E-state index contributed by atoms with van der Waals surface area (Å²) in [4.78, 5) is 4.70. The van der Waals surface area contributed by atoms with Gasteiger partial charge in [-0.25, -0.2) is 4.98 Å². The second-order valence-corrected chi connectivity index (χ2v) is 5.23. The molecular weight excluding hydrogens is 228 g/mol. The van der Waals surface area contributed by atoms with Crippen LogP contribution in [0.3, 0.4) is 0 Å². The Kier molecular flexibility index (Phi) is 3.37. The van der Waals surface area contributed by atoms with Gasteiger partial charge in [-0.3, -0.25) is 0 Å². The molecule has 1 aromatic rings. The van der Waals surface area contributed by atoms with E-state index in [1.54, 1.807) is 7.11 Å². The molecule has 2 N–H and O–H groups in total. The topological polar surface area (TPSA) is 51.1 Å². The standard InChI is InChI=1S/C13H22N4O/c1-18-9-8-17-10-15-12-11(17)2-5-16-13(12)3-6-14-7-4-13/h10,14,16H,2-9H2,1H3. The molecule has 1 spiro atoms. The Hall–Kier alpha value is -0.910. The fourth-order valence-corrected chi connectivity index (χ4v) is 3.22. The van der Waals surface area contributed by atoms with E-state index in [0.717, 1.165) is 52.0 Å². The van der Waals surface area contributed by atoms with Gasteiger partial charge in [0.15, 0.2) is 0 Å². The molecule has 0 atom stereocenters. The van der Waals surface area contributed by atoms with E-state index in [2.05, 4.69) is 15.2 Å². The number of rotatable bonds is 3. The highest BCUT2D eigenvalue weighted by Gasteiger charge is 2.40. The molecule has 3 rings (SSSR count). The van der Waals surface area contributed by atoms with Gasteiger partial charge in [0.05, 0.1) is 24.2 Å². The van der Waals surface area contributed by atoms with Gasteiger partial charge in [-0.1, -0.05) is 0 Å². The van der Waals surface area contributed by atoms with Crippen molar-refractivity contribution in [2.75, 3.05) is 33.4 Å². The Bertz CT molecular complexity index is 409. The summed E-state index contributed by atoms with van der Waals surface area (Å²) in [5.41, 5.74) is 2.82. The molecular formula is C13H22N4O. The van der Waals surface area contributed by atoms with Gasteiger partial charge < -0.3 is 19.9 Å². The SMILES string of the molecule is COCCn1cnc2c1CCNC21CCNCC1. The zero-order valence-electron chi connectivity index (χ0n) is 11.0. The van der Waals surface area contributed by atoms with Crippen LogP contribution in [0.1, 0.15) is 24.2 Å². The molecule has 3 heterocycles. The lowest BCUT2D eigenvalue weighted by molar-refractivity contribution is 0.184. The molecule has 0 radical (unpaired) electrons. The lowest BCUT2D eigenvalue weighted by Gasteiger charge is -2.41. The maximum absolute atomic E-state index is 5.17. The van der Waals surface area contributed by atoms with Gasteiger partial charge in [0.1, 0.15) is 0 Å². The molecule has 0 saturated carbocycles. The zero-order chi connectivity index (χ0) is 12.4. The average molecular weight is 250 g/mol. The predicted octanol–water partition coefficient (Wildman–Crippen LogP) is 0.254. The van der Waals surface area contributed by atoms with Crippen LogP contribution in [-0.2, 0) is 23.2 Å². The fraction of sp³-hybridized carbons (Fsp3) is 0.769. The summed E-state index contributed by atoms with van der Waals surface area (Å²) in [6.45, 7) is 4.89. The van der Waals surface area contributed by atoms with Crippen molar-refractivity contribution in [2.24, 2.45) is 0 Å². The molecule has 1 aromatic heterocycles. The maximum Gasteiger partial charge on any atom is 0.0953 e. The van der Waals surface area contributed by atoms with Crippen LogP contribution in [0.5, 0.6) is 0 Å². The van der Waals surface area contributed by atoms with Crippen molar-refractivity contribution in [1.29, 1.82) is 0 Å². The van der Waals surface area contributed by atoms with Crippen molar-refractivity contribution in [3.63, 3.8) is 0 Å². The van der Waals surface area contributed by atoms with Crippen LogP contribution in [0.15, 0.2) is 6.33 Å². The highest BCUT2D eigenvalue weighted by atomic mass is 16.5. The number of nitrogens with one attached hydrogen (secondary N) is 2. The van der Waals surface area contributed by atoms with Crippen molar-refractivity contribution in [1.82, 2.24) is 20.2 Å². The lowest BCUT2D eigenvalue weighted by atomic mass is 9.81. The number of piperidine rings is 1. The van der Waals surface area contributed by atoms with Gasteiger partial charge in [-0.05, 0) is 25.9 Å². The van der Waals surface area contributed by atoms with Crippen LogP contribution < -0.4 is 10.6 Å². The van der Waals surface area contributed by atoms with E-state index < -0.39 is 0 Å². The van der Waals surface area contributed by atoms with Crippen LogP contribution in [0.4, 0.5) is 0 Å². The third-order valence-electron chi connectivity index (χ3n) is 4.22. The van der Waals surface area contributed by atoms with Gasteiger partial charge in [-0.15, -0.1) is 0 Å². The summed E-state index contributed by atoms with van der Waals surface area (Å²) in [5, 5.41) is 7.15. The molecule has 0 aliphatic carbocycles. The van der Waals surface area contributed by atoms with Crippen LogP contribution in [0.2, 0.25) is 0 Å². The van der Waals surface area contributed by atoms with Crippen LogP contribution in [-0.4, -0.2) is 42.9 Å². The minimum absolute atomic E-state index is 0.122. The van der Waals surface area contributed by atoms with Gasteiger partial charge >= 0.3 is 0 Å². The Labute approximate surface area is 108 Å². The summed E-state index contributed by atoms with van der Waals surface area (Å²) < 4.78 is 7.44. The molecule has 1 saturated heterocycles. The number of nitrogens with zero attached hydrogens (tertiary/aromatic N) is 2. The number of ether oxygens (including phenoxy) is 1. The van der Waals surface area contributed by atoms with E-state index in [-0.39, 0.29) is 5.54 Å². The molecule has 0 bridgehead atoms. The molecule has 2 aliphatic heterocycles. The van der Waals surface area contributed by atoms with E-state index in [9.17, 15) is 0 Å². The highest BCUT2D eigenvalue weighted by Crippen LogP contribution is 2.34. The summed E-state index contributed by atoms with van der Waals surface area (Å²) in [6.07, 6.45) is 5.34. The smallest absolute Gasteiger partial charge is 0.0953 e. The number of aromatic nitrogens is 2. The van der Waals surface area contributed by atoms with Crippen molar-refractivity contribution in [3.05, 3.63) is 17.7 Å². The van der Waals surface area contributed by atoms with E-state index >= 15 is 0 Å². The first-order valence-electron chi connectivity index (χ1n) is 6.85. The fourth-order valence-electron chi connectivity index (χ4n) is 3.22. The molecule has 100 valence electrons. The molecule has 5 heteroatoms. The van der Waals surface area contributed by atoms with E-state index in [1.807, 2.05) is 6.33 Å². The maximum atomic E-state index is 5.17. The molecule has 0 aromatic carbocycles. The number of fused-ring (bicyclic) bond motifs is 2. The minimum atomic E-state index is 0.122. The highest BCUT2D eigenvalue weighted by molar-refractivity contribution is 5.27. The Balaban J connectivity index is 1.89. The second kappa shape index (κ2) is 4.99. The first-order valence-corrected chi connectivity index (χ1v) is 6.85. The summed E-state index contributed by atoms with van der Waals surface area (Å²) in [7, 11) is 1.75. The van der Waals surface area contributed by atoms with Gasteiger partial charge in [-0.2, -0.15) is 0 Å². The van der Waals surface area contributed by atoms with Crippen molar-refractivity contribution in [3.8, 4) is 0 Å². The van der Waals surface area contributed by atoms with Gasteiger partial charge in [0.25, 0.3) is 0 Å². The number of imidazole rings is 1. The van der Waals surface area contributed by atoms with Crippen molar-refractivity contribution >= 4 is 0 Å². The second-order valence-electron chi connectivity index (χ2n) is 5.23. The average Bonchev–Trinajstić information content (AvgIpc) is 2.82. The largest absolute Gasteiger partial charge is 0.383 e. The molecule has 0 unspecified atom stereocenters. The number of methoxy groups -OCH3 is 1. The molecule has 2 aliphatic rings. The molecule has 5 nitrogen and oxygen atoms in total. The monoisotopic (exact) mass is 250 g/mol. The summed E-state index contributed by atoms with van der Waals surface area (Å²) >= 11 is 0. The number of hydrogen-bond acceptors (Lipinski definition) is 4. The van der Waals surface area contributed by atoms with E-state index in [0.29, 0.717) is 0 Å². The Morgan fingerprint density at radius 1 is 1.39 bits per heavy atom. The molecule has 1 fully saturated rings.